The van der Waals surface area contributed by atoms with Crippen LogP contribution in [-0.2, 0) is 5.75 Å². The Balaban J connectivity index is 3.32. The van der Waals surface area contributed by atoms with Crippen LogP contribution in [0.3, 0.4) is 0 Å². The first-order valence-electron chi connectivity index (χ1n) is 5.43. The van der Waals surface area contributed by atoms with Crippen molar-refractivity contribution in [1.29, 1.82) is 0 Å². The molecule has 1 N–H and O–H groups in total. The van der Waals surface area contributed by atoms with Gasteiger partial charge in [0.15, 0.2) is 0 Å². The molecule has 0 heterocycles. The van der Waals surface area contributed by atoms with Crippen molar-refractivity contribution < 1.29 is 5.11 Å². The van der Waals surface area contributed by atoms with Gasteiger partial charge in [-0.3, -0.25) is 0 Å². The molecule has 0 saturated heterocycles. The number of hydrogen-bond acceptors (Lipinski definition) is 2. The van der Waals surface area contributed by atoms with Gasteiger partial charge < -0.3 is 5.11 Å². The average Bonchev–Trinajstić information content (AvgIpc) is 2.17. The van der Waals surface area contributed by atoms with Crippen LogP contribution < -0.4 is 0 Å². The highest BCUT2D eigenvalue weighted by Crippen LogP contribution is 2.33. The van der Waals surface area contributed by atoms with E-state index in [9.17, 15) is 5.11 Å². The van der Waals surface area contributed by atoms with Gasteiger partial charge in [-0.15, -0.1) is 0 Å². The summed E-state index contributed by atoms with van der Waals surface area (Å²) in [4.78, 5) is 0. The Morgan fingerprint density at radius 3 is 2.13 bits per heavy atom. The molecule has 1 nitrogen and oxygen atoms in total. The van der Waals surface area contributed by atoms with E-state index in [2.05, 4.69) is 52.5 Å². The monoisotopic (exact) mass is 224 g/mol. The predicted octanol–water partition coefficient (Wildman–Crippen LogP) is 4.07. The quantitative estimate of drug-likeness (QED) is 0.742. The Morgan fingerprint density at radius 1 is 1.13 bits per heavy atom. The fourth-order valence-electron chi connectivity index (χ4n) is 1.64. The molecule has 0 aromatic heterocycles. The van der Waals surface area contributed by atoms with Gasteiger partial charge in [0.05, 0.1) is 0 Å². The van der Waals surface area contributed by atoms with Gasteiger partial charge in [0.25, 0.3) is 0 Å². The molecular formula is C13H20OS. The Kier molecular flexibility index (Phi) is 4.09. The number of phenolic OH excluding ortho intramolecular Hbond substituents is 1. The first kappa shape index (κ1) is 12.4. The van der Waals surface area contributed by atoms with Crippen molar-refractivity contribution in [1.82, 2.24) is 0 Å². The molecule has 1 aromatic carbocycles. The van der Waals surface area contributed by atoms with Gasteiger partial charge in [-0.25, -0.2) is 0 Å². The summed E-state index contributed by atoms with van der Waals surface area (Å²) in [6.45, 7) is 8.53. The van der Waals surface area contributed by atoms with Crippen LogP contribution in [0.15, 0.2) is 12.1 Å². The largest absolute Gasteiger partial charge is 0.507 e. The highest BCUT2D eigenvalue weighted by Gasteiger charge is 2.13. The van der Waals surface area contributed by atoms with Crippen LogP contribution in [0.25, 0.3) is 0 Å². The van der Waals surface area contributed by atoms with Crippen molar-refractivity contribution in [3.05, 3.63) is 28.8 Å². The van der Waals surface area contributed by atoms with E-state index in [1.165, 1.54) is 5.56 Å². The molecule has 1 rings (SSSR count). The molecular weight excluding hydrogens is 204 g/mol. The third-order valence-electron chi connectivity index (χ3n) is 2.70. The molecule has 0 saturated carbocycles. The van der Waals surface area contributed by atoms with E-state index >= 15 is 0 Å². The van der Waals surface area contributed by atoms with Crippen LogP contribution in [0.4, 0.5) is 0 Å². The smallest absolute Gasteiger partial charge is 0.123 e. The summed E-state index contributed by atoms with van der Waals surface area (Å²) < 4.78 is 0. The summed E-state index contributed by atoms with van der Waals surface area (Å²) in [6, 6.07) is 4.16. The second kappa shape index (κ2) is 4.93. The second-order valence-corrected chi connectivity index (χ2v) is 4.90. The van der Waals surface area contributed by atoms with Crippen LogP contribution in [0, 0.1) is 0 Å². The van der Waals surface area contributed by atoms with Gasteiger partial charge in [-0.2, -0.15) is 12.6 Å². The lowest BCUT2D eigenvalue weighted by Gasteiger charge is -2.16. The topological polar surface area (TPSA) is 20.2 Å². The standard InChI is InChI=1S/C13H20OS/c1-8(2)10-5-11(7-15)13(14)12(6-10)9(3)4/h5-6,8-9,14-15H,7H2,1-4H3. The fraction of sp³-hybridized carbons (Fsp3) is 0.538. The number of phenols is 1. The zero-order chi connectivity index (χ0) is 11.6. The van der Waals surface area contributed by atoms with Crippen molar-refractivity contribution in [3.8, 4) is 5.75 Å². The molecule has 0 fully saturated rings. The highest BCUT2D eigenvalue weighted by atomic mass is 32.1. The third kappa shape index (κ3) is 2.69. The normalized spacial score (nSPS) is 11.4. The summed E-state index contributed by atoms with van der Waals surface area (Å²) in [5.41, 5.74) is 3.25. The third-order valence-corrected chi connectivity index (χ3v) is 3.04. The van der Waals surface area contributed by atoms with E-state index in [0.29, 0.717) is 23.3 Å². The molecule has 1 aromatic rings. The summed E-state index contributed by atoms with van der Waals surface area (Å²) in [5.74, 6) is 1.85. The zero-order valence-electron chi connectivity index (χ0n) is 9.91. The lowest BCUT2D eigenvalue weighted by molar-refractivity contribution is 0.459. The van der Waals surface area contributed by atoms with Crippen molar-refractivity contribution in [2.24, 2.45) is 0 Å². The maximum absolute atomic E-state index is 10.0. The lowest BCUT2D eigenvalue weighted by Crippen LogP contribution is -1.97. The average molecular weight is 224 g/mol. The molecule has 15 heavy (non-hydrogen) atoms. The van der Waals surface area contributed by atoms with Crippen molar-refractivity contribution >= 4 is 12.6 Å². The molecule has 84 valence electrons. The molecule has 0 radical (unpaired) electrons. The zero-order valence-corrected chi connectivity index (χ0v) is 10.8. The van der Waals surface area contributed by atoms with Crippen LogP contribution in [0.1, 0.15) is 56.2 Å². The molecule has 0 aliphatic rings. The minimum Gasteiger partial charge on any atom is -0.507 e. The van der Waals surface area contributed by atoms with E-state index in [0.717, 1.165) is 11.1 Å². The molecule has 0 amide bonds. The summed E-state index contributed by atoms with van der Waals surface area (Å²) in [7, 11) is 0. The highest BCUT2D eigenvalue weighted by molar-refractivity contribution is 7.79. The number of benzene rings is 1. The molecule has 0 bridgehead atoms. The van der Waals surface area contributed by atoms with Gasteiger partial charge in [0.1, 0.15) is 5.75 Å². The van der Waals surface area contributed by atoms with Crippen LogP contribution in [0.2, 0.25) is 0 Å². The maximum Gasteiger partial charge on any atom is 0.123 e. The number of aromatic hydroxyl groups is 1. The molecule has 0 atom stereocenters. The predicted molar refractivity (Wildman–Crippen MR) is 69.0 cm³/mol. The van der Waals surface area contributed by atoms with E-state index in [-0.39, 0.29) is 0 Å². The molecule has 2 heteroatoms. The van der Waals surface area contributed by atoms with Crippen LogP contribution >= 0.6 is 12.6 Å². The number of rotatable bonds is 3. The summed E-state index contributed by atoms with van der Waals surface area (Å²) >= 11 is 4.25. The Morgan fingerprint density at radius 2 is 1.73 bits per heavy atom. The second-order valence-electron chi connectivity index (χ2n) is 4.59. The summed E-state index contributed by atoms with van der Waals surface area (Å²) in [5, 5.41) is 10.0. The Bertz CT molecular complexity index is 343. The Labute approximate surface area is 97.9 Å². The SMILES string of the molecule is CC(C)c1cc(CS)c(O)c(C(C)C)c1. The maximum atomic E-state index is 10.0. The fourth-order valence-corrected chi connectivity index (χ4v) is 1.88. The first-order chi connectivity index (χ1) is 6.97. The van der Waals surface area contributed by atoms with Gasteiger partial charge in [0.2, 0.25) is 0 Å². The van der Waals surface area contributed by atoms with Crippen molar-refractivity contribution in [2.75, 3.05) is 0 Å². The van der Waals surface area contributed by atoms with Gasteiger partial charge in [-0.05, 0) is 23.0 Å². The Hall–Kier alpha value is -0.630. The first-order valence-corrected chi connectivity index (χ1v) is 6.07. The molecule has 0 aliphatic carbocycles. The van der Waals surface area contributed by atoms with Gasteiger partial charge in [-0.1, -0.05) is 39.8 Å². The number of thiol groups is 1. The van der Waals surface area contributed by atoms with Crippen molar-refractivity contribution in [2.45, 2.75) is 45.3 Å². The summed E-state index contributed by atoms with van der Waals surface area (Å²) in [6.07, 6.45) is 0. The van der Waals surface area contributed by atoms with Gasteiger partial charge >= 0.3 is 0 Å². The molecule has 0 unspecified atom stereocenters. The number of hydrogen-bond donors (Lipinski definition) is 2. The minimum absolute atomic E-state index is 0.349. The molecule has 0 aliphatic heterocycles. The molecule has 0 spiro atoms. The van der Waals surface area contributed by atoms with Gasteiger partial charge in [0, 0.05) is 11.3 Å². The van der Waals surface area contributed by atoms with E-state index in [1.807, 2.05) is 0 Å². The lowest BCUT2D eigenvalue weighted by atomic mass is 9.92. The minimum atomic E-state index is 0.349. The van der Waals surface area contributed by atoms with E-state index in [4.69, 9.17) is 0 Å². The van der Waals surface area contributed by atoms with E-state index in [1.54, 1.807) is 0 Å². The van der Waals surface area contributed by atoms with E-state index < -0.39 is 0 Å². The van der Waals surface area contributed by atoms with Crippen LogP contribution in [0.5, 0.6) is 5.75 Å². The van der Waals surface area contributed by atoms with Crippen LogP contribution in [-0.4, -0.2) is 5.11 Å². The van der Waals surface area contributed by atoms with Crippen molar-refractivity contribution in [3.63, 3.8) is 0 Å².